The summed E-state index contributed by atoms with van der Waals surface area (Å²) in [5.74, 6) is -1.22. The van der Waals surface area contributed by atoms with Gasteiger partial charge in [-0.15, -0.1) is 0 Å². The van der Waals surface area contributed by atoms with Crippen molar-refractivity contribution in [3.63, 3.8) is 0 Å². The number of ether oxygens (including phenoxy) is 1. The molecule has 0 aromatic heterocycles. The summed E-state index contributed by atoms with van der Waals surface area (Å²) in [6.45, 7) is -0.279. The van der Waals surface area contributed by atoms with E-state index < -0.39 is 16.4 Å². The molecule has 108 valence electrons. The van der Waals surface area contributed by atoms with Crippen LogP contribution in [0.4, 0.5) is 10.1 Å². The zero-order chi connectivity index (χ0) is 15.4. The topological polar surface area (TPSA) is 69.4 Å². The van der Waals surface area contributed by atoms with Crippen LogP contribution in [0.15, 0.2) is 46.9 Å². The summed E-state index contributed by atoms with van der Waals surface area (Å²) < 4.78 is 19.4. The molecule has 0 amide bonds. The Hall–Kier alpha value is -2.28. The number of nitrogens with zero attached hydrogens (tertiary/aromatic N) is 1. The molecule has 0 saturated heterocycles. The summed E-state index contributed by atoms with van der Waals surface area (Å²) in [4.78, 5) is 21.5. The molecule has 0 spiro atoms. The lowest BCUT2D eigenvalue weighted by molar-refractivity contribution is -0.387. The minimum Gasteiger partial charge on any atom is -0.485 e. The lowest BCUT2D eigenvalue weighted by Gasteiger charge is -2.06. The van der Waals surface area contributed by atoms with Crippen molar-refractivity contribution in [1.29, 1.82) is 0 Å². The maximum Gasteiger partial charge on any atom is 0.305 e. The average molecular weight is 354 g/mol. The number of rotatable bonds is 5. The van der Waals surface area contributed by atoms with E-state index in [0.717, 1.165) is 16.6 Å². The van der Waals surface area contributed by atoms with E-state index in [4.69, 9.17) is 4.74 Å². The van der Waals surface area contributed by atoms with Gasteiger partial charge in [-0.25, -0.2) is 0 Å². The van der Waals surface area contributed by atoms with Crippen LogP contribution >= 0.6 is 15.9 Å². The first-order valence-electron chi connectivity index (χ1n) is 5.83. The number of hydrogen-bond donors (Lipinski definition) is 0. The van der Waals surface area contributed by atoms with Crippen LogP contribution in [-0.4, -0.2) is 17.3 Å². The maximum absolute atomic E-state index is 13.4. The minimum absolute atomic E-state index is 0.0589. The number of hydrogen-bond acceptors (Lipinski definition) is 4. The number of nitro groups is 1. The molecule has 2 aromatic rings. The van der Waals surface area contributed by atoms with Gasteiger partial charge in [0.15, 0.2) is 12.4 Å². The summed E-state index contributed by atoms with van der Waals surface area (Å²) in [6, 6.07) is 9.83. The summed E-state index contributed by atoms with van der Waals surface area (Å²) in [6.07, 6.45) is 0. The molecule has 0 bridgehead atoms. The van der Waals surface area contributed by atoms with E-state index in [2.05, 4.69) is 15.9 Å². The van der Waals surface area contributed by atoms with Gasteiger partial charge in [0, 0.05) is 22.2 Å². The van der Waals surface area contributed by atoms with Gasteiger partial charge in [-0.3, -0.25) is 14.9 Å². The molecule has 0 heterocycles. The van der Waals surface area contributed by atoms with E-state index in [1.807, 2.05) is 0 Å². The molecule has 0 aliphatic rings. The second kappa shape index (κ2) is 6.45. The molecule has 0 radical (unpaired) electrons. The fourth-order valence-corrected chi connectivity index (χ4v) is 1.86. The van der Waals surface area contributed by atoms with Crippen molar-refractivity contribution in [2.45, 2.75) is 0 Å². The molecule has 5 nitrogen and oxygen atoms in total. The minimum atomic E-state index is -1.01. The molecule has 0 N–H and O–H groups in total. The van der Waals surface area contributed by atoms with Crippen LogP contribution < -0.4 is 4.74 Å². The Morgan fingerprint density at radius 3 is 2.48 bits per heavy atom. The van der Waals surface area contributed by atoms with Gasteiger partial charge in [-0.1, -0.05) is 28.1 Å². The monoisotopic (exact) mass is 353 g/mol. The zero-order valence-electron chi connectivity index (χ0n) is 10.6. The molecular weight excluding hydrogens is 345 g/mol. The van der Waals surface area contributed by atoms with E-state index >= 15 is 0 Å². The molecule has 0 saturated carbocycles. The fourth-order valence-electron chi connectivity index (χ4n) is 1.59. The average Bonchev–Trinajstić information content (AvgIpc) is 2.45. The number of halogens is 2. The van der Waals surface area contributed by atoms with E-state index in [9.17, 15) is 19.3 Å². The fraction of sp³-hybridized carbons (Fsp3) is 0.0714. The van der Waals surface area contributed by atoms with Gasteiger partial charge < -0.3 is 4.74 Å². The predicted molar refractivity (Wildman–Crippen MR) is 77.0 cm³/mol. The number of carbonyl (C=O) groups excluding carboxylic acids is 1. The first kappa shape index (κ1) is 15.1. The van der Waals surface area contributed by atoms with E-state index in [1.54, 1.807) is 24.3 Å². The van der Waals surface area contributed by atoms with Gasteiger partial charge >= 0.3 is 5.69 Å². The number of nitro benzene ring substituents is 1. The van der Waals surface area contributed by atoms with Crippen molar-refractivity contribution in [1.82, 2.24) is 0 Å². The molecule has 0 unspecified atom stereocenters. The smallest absolute Gasteiger partial charge is 0.305 e. The Morgan fingerprint density at radius 2 is 1.90 bits per heavy atom. The third-order valence-corrected chi connectivity index (χ3v) is 3.18. The van der Waals surface area contributed by atoms with Crippen molar-refractivity contribution >= 4 is 27.4 Å². The van der Waals surface area contributed by atoms with Crippen LogP contribution in [0.3, 0.4) is 0 Å². The van der Waals surface area contributed by atoms with Gasteiger partial charge in [0.2, 0.25) is 5.82 Å². The first-order valence-corrected chi connectivity index (χ1v) is 6.62. The van der Waals surface area contributed by atoms with Crippen molar-refractivity contribution in [3.8, 4) is 5.75 Å². The highest BCUT2D eigenvalue weighted by molar-refractivity contribution is 9.10. The summed E-state index contributed by atoms with van der Waals surface area (Å²) in [7, 11) is 0. The lowest BCUT2D eigenvalue weighted by atomic mass is 10.1. The van der Waals surface area contributed by atoms with Crippen molar-refractivity contribution in [2.24, 2.45) is 0 Å². The Balaban J connectivity index is 2.03. The molecule has 2 rings (SSSR count). The Morgan fingerprint density at radius 1 is 1.24 bits per heavy atom. The third-order valence-electron chi connectivity index (χ3n) is 2.65. The second-order valence-electron chi connectivity index (χ2n) is 4.09. The second-order valence-corrected chi connectivity index (χ2v) is 5.00. The van der Waals surface area contributed by atoms with Crippen LogP contribution in [0.5, 0.6) is 5.75 Å². The highest BCUT2D eigenvalue weighted by atomic mass is 79.9. The normalized spacial score (nSPS) is 10.2. The van der Waals surface area contributed by atoms with Crippen molar-refractivity contribution in [2.75, 3.05) is 6.61 Å². The number of ketones is 1. The van der Waals surface area contributed by atoms with Crippen LogP contribution in [-0.2, 0) is 0 Å². The molecule has 0 atom stereocenters. The van der Waals surface area contributed by atoms with Crippen LogP contribution in [0.25, 0.3) is 0 Å². The predicted octanol–water partition coefficient (Wildman–Crippen LogP) is 3.76. The number of Topliss-reactive ketones (excluding diaryl/α,β-unsaturated/α-hetero) is 1. The van der Waals surface area contributed by atoms with E-state index in [-0.39, 0.29) is 18.1 Å². The van der Waals surface area contributed by atoms with Gasteiger partial charge in [0.05, 0.1) is 4.92 Å². The lowest BCUT2D eigenvalue weighted by Crippen LogP contribution is -2.11. The largest absolute Gasteiger partial charge is 0.485 e. The van der Waals surface area contributed by atoms with Crippen LogP contribution in [0.1, 0.15) is 10.4 Å². The van der Waals surface area contributed by atoms with E-state index in [0.29, 0.717) is 5.56 Å². The highest BCUT2D eigenvalue weighted by Gasteiger charge is 2.15. The summed E-state index contributed by atoms with van der Waals surface area (Å²) >= 11 is 3.26. The van der Waals surface area contributed by atoms with Gasteiger partial charge in [0.1, 0.15) is 5.75 Å². The first-order chi connectivity index (χ1) is 9.97. The highest BCUT2D eigenvalue weighted by Crippen LogP contribution is 2.22. The molecule has 21 heavy (non-hydrogen) atoms. The molecule has 0 aliphatic heterocycles. The van der Waals surface area contributed by atoms with Crippen LogP contribution in [0, 0.1) is 15.9 Å². The van der Waals surface area contributed by atoms with Gasteiger partial charge in [0.25, 0.3) is 0 Å². The Bertz CT molecular complexity index is 688. The summed E-state index contributed by atoms with van der Waals surface area (Å²) in [5, 5.41) is 10.5. The SMILES string of the molecule is O=C(COc1ccc([N+](=O)[O-])c(F)c1)c1ccc(Br)cc1. The zero-order valence-corrected chi connectivity index (χ0v) is 12.2. The molecule has 7 heteroatoms. The van der Waals surface area contributed by atoms with Gasteiger partial charge in [-0.2, -0.15) is 4.39 Å². The Kier molecular flexibility index (Phi) is 4.64. The number of benzene rings is 2. The molecular formula is C14H9BrFNO4. The quantitative estimate of drug-likeness (QED) is 0.466. The standard InChI is InChI=1S/C14H9BrFNO4/c15-10-3-1-9(2-4-10)14(18)8-21-11-5-6-13(17(19)20)12(16)7-11/h1-7H,8H2. The summed E-state index contributed by atoms with van der Waals surface area (Å²) in [5.41, 5.74) is -0.179. The third kappa shape index (κ3) is 3.85. The number of carbonyl (C=O) groups is 1. The molecule has 0 aliphatic carbocycles. The van der Waals surface area contributed by atoms with Gasteiger partial charge in [-0.05, 0) is 18.2 Å². The van der Waals surface area contributed by atoms with E-state index in [1.165, 1.54) is 6.07 Å². The molecule has 0 fully saturated rings. The van der Waals surface area contributed by atoms with Crippen LogP contribution in [0.2, 0.25) is 0 Å². The van der Waals surface area contributed by atoms with Crippen molar-refractivity contribution in [3.05, 3.63) is 68.4 Å². The molecule has 2 aromatic carbocycles. The maximum atomic E-state index is 13.4. The Labute approximate surface area is 127 Å². The van der Waals surface area contributed by atoms with Crippen molar-refractivity contribution < 1.29 is 18.8 Å².